The molecular weight excluding hydrogens is 236 g/mol. The number of hydrogen-bond donors (Lipinski definition) is 1. The van der Waals surface area contributed by atoms with Crippen molar-refractivity contribution in [3.8, 4) is 12.3 Å². The van der Waals surface area contributed by atoms with Crippen molar-refractivity contribution < 1.29 is 14.7 Å². The summed E-state index contributed by atoms with van der Waals surface area (Å²) >= 11 is 0. The van der Waals surface area contributed by atoms with Crippen LogP contribution in [0.3, 0.4) is 0 Å². The Morgan fingerprint density at radius 2 is 2.00 bits per heavy atom. The number of rotatable bonds is 4. The predicted octanol–water partition coefficient (Wildman–Crippen LogP) is 1.28. The molecule has 1 N–H and O–H groups in total. The summed E-state index contributed by atoms with van der Waals surface area (Å²) in [7, 11) is 0. The fourth-order valence-corrected chi connectivity index (χ4v) is 2.00. The van der Waals surface area contributed by atoms with Gasteiger partial charge in [0.05, 0.1) is 5.54 Å². The van der Waals surface area contributed by atoms with Crippen LogP contribution in [0.25, 0.3) is 0 Å². The minimum absolute atomic E-state index is 0.0856. The summed E-state index contributed by atoms with van der Waals surface area (Å²) in [5, 5.41) is 12.2. The Hall–Kier alpha value is -1.77. The number of nitrogens with zero attached hydrogens (tertiary/aromatic N) is 1. The Bertz CT molecular complexity index is 365. The molecule has 0 radical (unpaired) electrons. The van der Waals surface area contributed by atoms with Crippen molar-refractivity contribution in [1.29, 1.82) is 0 Å². The van der Waals surface area contributed by atoms with E-state index in [1.165, 1.54) is 0 Å². The summed E-state index contributed by atoms with van der Waals surface area (Å²) in [5.41, 5.74) is -0.661. The van der Waals surface area contributed by atoms with Crippen molar-refractivity contribution in [2.45, 2.75) is 51.2 Å². The molecule has 100 valence electrons. The molecule has 0 aliphatic heterocycles. The van der Waals surface area contributed by atoms with Crippen LogP contribution in [0, 0.1) is 28.4 Å². The molecule has 1 amide bonds. The van der Waals surface area contributed by atoms with Crippen LogP contribution < -0.4 is 5.32 Å². The lowest BCUT2D eigenvalue weighted by atomic mass is 9.86. The molecule has 6 nitrogen and oxygen atoms in total. The van der Waals surface area contributed by atoms with Gasteiger partial charge in [0.15, 0.2) is 0 Å². The Labute approximate surface area is 106 Å². The molecule has 0 aromatic carbocycles. The van der Waals surface area contributed by atoms with Crippen LogP contribution in [-0.2, 0) is 9.63 Å². The van der Waals surface area contributed by atoms with Gasteiger partial charge in [0, 0.05) is 5.92 Å². The largest absolute Gasteiger partial charge is 0.340 e. The van der Waals surface area contributed by atoms with Crippen LogP contribution in [0.4, 0.5) is 0 Å². The third-order valence-electron chi connectivity index (χ3n) is 3.08. The number of carbonyl (C=O) groups is 1. The molecule has 1 saturated carbocycles. The second-order valence-corrected chi connectivity index (χ2v) is 5.06. The third-order valence-corrected chi connectivity index (χ3v) is 3.08. The van der Waals surface area contributed by atoms with Gasteiger partial charge in [0.2, 0.25) is 5.91 Å². The van der Waals surface area contributed by atoms with Crippen LogP contribution in [0.5, 0.6) is 0 Å². The summed E-state index contributed by atoms with van der Waals surface area (Å²) in [6.07, 6.45) is 7.14. The van der Waals surface area contributed by atoms with Crippen LogP contribution in [0.1, 0.15) is 39.5 Å². The lowest BCUT2D eigenvalue weighted by molar-refractivity contribution is -0.769. The van der Waals surface area contributed by atoms with E-state index in [1.807, 2.05) is 0 Å². The van der Waals surface area contributed by atoms with Crippen molar-refractivity contribution in [1.82, 2.24) is 5.32 Å². The molecule has 18 heavy (non-hydrogen) atoms. The Kier molecular flexibility index (Phi) is 4.54. The van der Waals surface area contributed by atoms with Gasteiger partial charge in [0.25, 0.3) is 5.09 Å². The molecule has 6 heteroatoms. The maximum absolute atomic E-state index is 11.9. The van der Waals surface area contributed by atoms with E-state index in [0.29, 0.717) is 25.7 Å². The highest BCUT2D eigenvalue weighted by atomic mass is 17.0. The van der Waals surface area contributed by atoms with Crippen molar-refractivity contribution in [3.05, 3.63) is 10.1 Å². The fourth-order valence-electron chi connectivity index (χ4n) is 2.00. The molecule has 1 aliphatic carbocycles. The van der Waals surface area contributed by atoms with E-state index in [2.05, 4.69) is 16.1 Å². The van der Waals surface area contributed by atoms with E-state index in [1.54, 1.807) is 13.8 Å². The zero-order chi connectivity index (χ0) is 13.8. The van der Waals surface area contributed by atoms with Crippen molar-refractivity contribution in [2.75, 3.05) is 0 Å². The van der Waals surface area contributed by atoms with E-state index < -0.39 is 10.6 Å². The standard InChI is InChI=1S/C12H18N2O4/c1-4-12(2,3)13-11(15)9-5-7-10(8-6-9)18-14(16)17/h1,9-10H,5-8H2,2-3H3,(H,13,15). The fraction of sp³-hybridized carbons (Fsp3) is 0.750. The zero-order valence-electron chi connectivity index (χ0n) is 10.6. The van der Waals surface area contributed by atoms with Crippen molar-refractivity contribution in [2.24, 2.45) is 5.92 Å². The van der Waals surface area contributed by atoms with Gasteiger partial charge in [-0.3, -0.25) is 4.79 Å². The molecule has 0 aromatic rings. The minimum Gasteiger partial charge on any atom is -0.340 e. The normalized spacial score (nSPS) is 23.8. The molecule has 1 rings (SSSR count). The predicted molar refractivity (Wildman–Crippen MR) is 64.9 cm³/mol. The van der Waals surface area contributed by atoms with Gasteiger partial charge >= 0.3 is 0 Å². The molecule has 1 aliphatic rings. The average Bonchev–Trinajstić information content (AvgIpc) is 2.28. The summed E-state index contributed by atoms with van der Waals surface area (Å²) in [5.74, 6) is 2.28. The topological polar surface area (TPSA) is 81.5 Å². The molecule has 0 bridgehead atoms. The SMILES string of the molecule is C#CC(C)(C)NC(=O)C1CCC(O[N+](=O)[O-])CC1. The van der Waals surface area contributed by atoms with Gasteiger partial charge in [-0.2, -0.15) is 0 Å². The summed E-state index contributed by atoms with van der Waals surface area (Å²) in [4.78, 5) is 26.6. The first-order valence-electron chi connectivity index (χ1n) is 5.95. The quantitative estimate of drug-likeness (QED) is 0.465. The van der Waals surface area contributed by atoms with Gasteiger partial charge in [-0.1, -0.05) is 5.92 Å². The van der Waals surface area contributed by atoms with Gasteiger partial charge in [-0.15, -0.1) is 16.5 Å². The first kappa shape index (κ1) is 14.3. The first-order chi connectivity index (χ1) is 8.34. The number of hydrogen-bond acceptors (Lipinski definition) is 4. The van der Waals surface area contributed by atoms with E-state index in [-0.39, 0.29) is 17.9 Å². The molecule has 0 unspecified atom stereocenters. The smallest absolute Gasteiger partial charge is 0.294 e. The average molecular weight is 254 g/mol. The van der Waals surface area contributed by atoms with Gasteiger partial charge < -0.3 is 10.2 Å². The number of amides is 1. The Balaban J connectivity index is 2.41. The third kappa shape index (κ3) is 4.24. The lowest BCUT2D eigenvalue weighted by Gasteiger charge is -2.29. The van der Waals surface area contributed by atoms with E-state index in [0.717, 1.165) is 0 Å². The van der Waals surface area contributed by atoms with Crippen LogP contribution >= 0.6 is 0 Å². The highest BCUT2D eigenvalue weighted by Gasteiger charge is 2.30. The van der Waals surface area contributed by atoms with E-state index in [4.69, 9.17) is 6.42 Å². The molecule has 0 aromatic heterocycles. The summed E-state index contributed by atoms with van der Waals surface area (Å²) < 4.78 is 0. The second kappa shape index (κ2) is 5.71. The Morgan fingerprint density at radius 1 is 1.44 bits per heavy atom. The van der Waals surface area contributed by atoms with Crippen LogP contribution in [0.2, 0.25) is 0 Å². The van der Waals surface area contributed by atoms with Gasteiger partial charge in [0.1, 0.15) is 6.10 Å². The number of nitrogens with one attached hydrogen (secondary N) is 1. The summed E-state index contributed by atoms with van der Waals surface area (Å²) in [6.45, 7) is 3.51. The maximum Gasteiger partial charge on any atom is 0.294 e. The van der Waals surface area contributed by atoms with E-state index >= 15 is 0 Å². The van der Waals surface area contributed by atoms with Gasteiger partial charge in [-0.25, -0.2) is 0 Å². The molecule has 0 saturated heterocycles. The lowest BCUT2D eigenvalue weighted by Crippen LogP contribution is -2.46. The second-order valence-electron chi connectivity index (χ2n) is 5.06. The maximum atomic E-state index is 11.9. The number of carbonyl (C=O) groups excluding carboxylic acids is 1. The molecule has 0 atom stereocenters. The minimum atomic E-state index is -0.771. The highest BCUT2D eigenvalue weighted by molar-refractivity contribution is 5.79. The molecule has 0 spiro atoms. The molecule has 1 fully saturated rings. The van der Waals surface area contributed by atoms with Crippen molar-refractivity contribution in [3.63, 3.8) is 0 Å². The zero-order valence-corrected chi connectivity index (χ0v) is 10.6. The number of terminal acetylenes is 1. The molecular formula is C12H18N2O4. The molecule has 0 heterocycles. The van der Waals surface area contributed by atoms with Crippen LogP contribution in [0.15, 0.2) is 0 Å². The monoisotopic (exact) mass is 254 g/mol. The van der Waals surface area contributed by atoms with Crippen molar-refractivity contribution >= 4 is 5.91 Å². The highest BCUT2D eigenvalue weighted by Crippen LogP contribution is 2.26. The van der Waals surface area contributed by atoms with E-state index in [9.17, 15) is 14.9 Å². The first-order valence-corrected chi connectivity index (χ1v) is 5.95. The van der Waals surface area contributed by atoms with Crippen LogP contribution in [-0.4, -0.2) is 22.6 Å². The Morgan fingerprint density at radius 3 is 2.44 bits per heavy atom. The summed E-state index contributed by atoms with van der Waals surface area (Å²) in [6, 6.07) is 0. The van der Waals surface area contributed by atoms with Gasteiger partial charge in [-0.05, 0) is 39.5 Å².